The van der Waals surface area contributed by atoms with Crippen LogP contribution in [0.5, 0.6) is 0 Å². The predicted molar refractivity (Wildman–Crippen MR) is 106 cm³/mol. The number of carbonyl (C=O) groups excluding carboxylic acids is 2. The second-order valence-electron chi connectivity index (χ2n) is 7.40. The molecule has 2 heterocycles. The first-order valence-electron chi connectivity index (χ1n) is 9.81. The van der Waals surface area contributed by atoms with E-state index in [2.05, 4.69) is 5.32 Å². The molecule has 1 unspecified atom stereocenters. The summed E-state index contributed by atoms with van der Waals surface area (Å²) in [5.41, 5.74) is 2.21. The van der Waals surface area contributed by atoms with Gasteiger partial charge in [0.25, 0.3) is 0 Å². The van der Waals surface area contributed by atoms with Gasteiger partial charge >= 0.3 is 0 Å². The Labute approximate surface area is 164 Å². The van der Waals surface area contributed by atoms with Crippen LogP contribution >= 0.6 is 0 Å². The third-order valence-corrected chi connectivity index (χ3v) is 5.41. The molecule has 0 aromatic heterocycles. The zero-order valence-electron chi connectivity index (χ0n) is 15.7. The SMILES string of the molecule is O=C1CCCCN1Cc1cccc(NC2CCN(c3ccccc3F)C2=O)c1. The van der Waals surface area contributed by atoms with Crippen LogP contribution in [0.2, 0.25) is 0 Å². The summed E-state index contributed by atoms with van der Waals surface area (Å²) < 4.78 is 14.0. The molecule has 2 aromatic carbocycles. The molecule has 2 aromatic rings. The van der Waals surface area contributed by atoms with Gasteiger partial charge in [0, 0.05) is 31.7 Å². The number of amides is 2. The summed E-state index contributed by atoms with van der Waals surface area (Å²) in [6.07, 6.45) is 3.26. The third-order valence-electron chi connectivity index (χ3n) is 5.41. The molecule has 2 amide bonds. The molecule has 2 aliphatic heterocycles. The van der Waals surface area contributed by atoms with E-state index in [0.29, 0.717) is 31.6 Å². The van der Waals surface area contributed by atoms with Crippen molar-refractivity contribution < 1.29 is 14.0 Å². The molecular weight excluding hydrogens is 357 g/mol. The van der Waals surface area contributed by atoms with Gasteiger partial charge in [-0.2, -0.15) is 0 Å². The lowest BCUT2D eigenvalue weighted by Crippen LogP contribution is -2.35. The maximum Gasteiger partial charge on any atom is 0.249 e. The molecule has 1 N–H and O–H groups in total. The molecule has 2 saturated heterocycles. The Morgan fingerprint density at radius 1 is 1.04 bits per heavy atom. The van der Waals surface area contributed by atoms with Crippen molar-refractivity contribution in [3.05, 3.63) is 59.9 Å². The van der Waals surface area contributed by atoms with E-state index in [1.54, 1.807) is 18.2 Å². The molecule has 0 spiro atoms. The zero-order chi connectivity index (χ0) is 19.5. The van der Waals surface area contributed by atoms with Crippen LogP contribution < -0.4 is 10.2 Å². The van der Waals surface area contributed by atoms with Crippen molar-refractivity contribution in [1.29, 1.82) is 0 Å². The fourth-order valence-electron chi connectivity index (χ4n) is 3.93. The predicted octanol–water partition coefficient (Wildman–Crippen LogP) is 3.56. The molecule has 146 valence electrons. The maximum atomic E-state index is 14.0. The van der Waals surface area contributed by atoms with Gasteiger partial charge in [-0.05, 0) is 49.1 Å². The second kappa shape index (κ2) is 8.00. The van der Waals surface area contributed by atoms with E-state index < -0.39 is 0 Å². The fourth-order valence-corrected chi connectivity index (χ4v) is 3.93. The highest BCUT2D eigenvalue weighted by Crippen LogP contribution is 2.26. The maximum absolute atomic E-state index is 14.0. The molecule has 6 heteroatoms. The van der Waals surface area contributed by atoms with E-state index in [-0.39, 0.29) is 23.7 Å². The van der Waals surface area contributed by atoms with Gasteiger partial charge in [-0.3, -0.25) is 9.59 Å². The number of piperidine rings is 1. The number of carbonyl (C=O) groups is 2. The van der Waals surface area contributed by atoms with Crippen molar-refractivity contribution in [3.8, 4) is 0 Å². The van der Waals surface area contributed by atoms with Crippen LogP contribution in [0, 0.1) is 5.82 Å². The van der Waals surface area contributed by atoms with Gasteiger partial charge < -0.3 is 15.1 Å². The third kappa shape index (κ3) is 3.86. The smallest absolute Gasteiger partial charge is 0.249 e. The van der Waals surface area contributed by atoms with Crippen molar-refractivity contribution in [2.24, 2.45) is 0 Å². The minimum Gasteiger partial charge on any atom is -0.374 e. The van der Waals surface area contributed by atoms with Crippen LogP contribution in [-0.2, 0) is 16.1 Å². The molecule has 2 aliphatic rings. The highest BCUT2D eigenvalue weighted by molar-refractivity contribution is 6.01. The Bertz CT molecular complexity index is 886. The normalized spacial score (nSPS) is 20.0. The quantitative estimate of drug-likeness (QED) is 0.862. The van der Waals surface area contributed by atoms with E-state index in [4.69, 9.17) is 0 Å². The summed E-state index contributed by atoms with van der Waals surface area (Å²) in [5, 5.41) is 3.28. The summed E-state index contributed by atoms with van der Waals surface area (Å²) in [5.74, 6) is -0.303. The first-order chi connectivity index (χ1) is 13.6. The van der Waals surface area contributed by atoms with E-state index >= 15 is 0 Å². The molecule has 0 radical (unpaired) electrons. The Balaban J connectivity index is 1.43. The van der Waals surface area contributed by atoms with Crippen LogP contribution in [0.1, 0.15) is 31.2 Å². The molecule has 2 fully saturated rings. The number of para-hydroxylation sites is 1. The lowest BCUT2D eigenvalue weighted by Gasteiger charge is -2.27. The minimum atomic E-state index is -0.385. The van der Waals surface area contributed by atoms with Crippen LogP contribution in [0.4, 0.5) is 15.8 Å². The number of hydrogen-bond acceptors (Lipinski definition) is 3. The van der Waals surface area contributed by atoms with Crippen LogP contribution in [0.25, 0.3) is 0 Å². The van der Waals surface area contributed by atoms with E-state index in [0.717, 1.165) is 30.6 Å². The number of likely N-dealkylation sites (tertiary alicyclic amines) is 1. The van der Waals surface area contributed by atoms with Gasteiger partial charge in [0.1, 0.15) is 11.9 Å². The van der Waals surface area contributed by atoms with Crippen molar-refractivity contribution in [2.45, 2.75) is 38.3 Å². The van der Waals surface area contributed by atoms with Crippen LogP contribution in [0.3, 0.4) is 0 Å². The Morgan fingerprint density at radius 3 is 2.71 bits per heavy atom. The monoisotopic (exact) mass is 381 g/mol. The molecule has 1 atom stereocenters. The topological polar surface area (TPSA) is 52.7 Å². The molecular formula is C22H24FN3O2. The fraction of sp³-hybridized carbons (Fsp3) is 0.364. The summed E-state index contributed by atoms with van der Waals surface area (Å²) in [7, 11) is 0. The molecule has 5 nitrogen and oxygen atoms in total. The van der Waals surface area contributed by atoms with Gasteiger partial charge in [-0.15, -0.1) is 0 Å². The molecule has 0 saturated carbocycles. The van der Waals surface area contributed by atoms with E-state index in [1.165, 1.54) is 11.0 Å². The van der Waals surface area contributed by atoms with Crippen LogP contribution in [-0.4, -0.2) is 35.8 Å². The number of nitrogens with one attached hydrogen (secondary N) is 1. The van der Waals surface area contributed by atoms with Gasteiger partial charge in [-0.1, -0.05) is 24.3 Å². The highest BCUT2D eigenvalue weighted by atomic mass is 19.1. The second-order valence-corrected chi connectivity index (χ2v) is 7.40. The van der Waals surface area contributed by atoms with Gasteiger partial charge in [-0.25, -0.2) is 4.39 Å². The lowest BCUT2D eigenvalue weighted by molar-refractivity contribution is -0.133. The minimum absolute atomic E-state index is 0.123. The number of benzene rings is 2. The zero-order valence-corrected chi connectivity index (χ0v) is 15.7. The Hall–Kier alpha value is -2.89. The van der Waals surface area contributed by atoms with Crippen molar-refractivity contribution in [3.63, 3.8) is 0 Å². The highest BCUT2D eigenvalue weighted by Gasteiger charge is 2.33. The Morgan fingerprint density at radius 2 is 1.89 bits per heavy atom. The first kappa shape index (κ1) is 18.5. The van der Waals surface area contributed by atoms with Gasteiger partial charge in [0.2, 0.25) is 11.8 Å². The average molecular weight is 381 g/mol. The summed E-state index contributed by atoms with van der Waals surface area (Å²) >= 11 is 0. The summed E-state index contributed by atoms with van der Waals surface area (Å²) in [6, 6.07) is 13.8. The molecule has 28 heavy (non-hydrogen) atoms. The number of nitrogens with zero attached hydrogens (tertiary/aromatic N) is 2. The summed E-state index contributed by atoms with van der Waals surface area (Å²) in [6.45, 7) is 1.88. The largest absolute Gasteiger partial charge is 0.374 e. The molecule has 0 bridgehead atoms. The van der Waals surface area contributed by atoms with E-state index in [1.807, 2.05) is 29.2 Å². The molecule has 4 rings (SSSR count). The van der Waals surface area contributed by atoms with Gasteiger partial charge in [0.05, 0.1) is 5.69 Å². The van der Waals surface area contributed by atoms with Crippen molar-refractivity contribution in [2.75, 3.05) is 23.3 Å². The van der Waals surface area contributed by atoms with Gasteiger partial charge in [0.15, 0.2) is 0 Å². The van der Waals surface area contributed by atoms with Crippen molar-refractivity contribution >= 4 is 23.2 Å². The number of anilines is 2. The number of halogens is 1. The first-order valence-corrected chi connectivity index (χ1v) is 9.81. The standard InChI is InChI=1S/C22H24FN3O2/c23-18-8-1-2-9-20(18)26-13-11-19(22(26)28)24-17-7-5-6-16(14-17)15-25-12-4-3-10-21(25)27/h1-2,5-9,14,19,24H,3-4,10-13,15H2. The average Bonchev–Trinajstić information content (AvgIpc) is 3.05. The number of rotatable bonds is 5. The number of hydrogen-bond donors (Lipinski definition) is 1. The lowest BCUT2D eigenvalue weighted by atomic mass is 10.1. The van der Waals surface area contributed by atoms with Crippen LogP contribution in [0.15, 0.2) is 48.5 Å². The molecule has 0 aliphatic carbocycles. The summed E-state index contributed by atoms with van der Waals surface area (Å²) in [4.78, 5) is 28.2. The van der Waals surface area contributed by atoms with E-state index in [9.17, 15) is 14.0 Å². The van der Waals surface area contributed by atoms with Crippen molar-refractivity contribution in [1.82, 2.24) is 4.90 Å². The Kier molecular flexibility index (Phi) is 5.28.